The van der Waals surface area contributed by atoms with Crippen LogP contribution in [-0.4, -0.2) is 0 Å². The molecule has 1 unspecified atom stereocenters. The quantitative estimate of drug-likeness (QED) is 0.738. The van der Waals surface area contributed by atoms with Gasteiger partial charge in [-0.05, 0) is 24.1 Å². The first-order valence-corrected chi connectivity index (χ1v) is 5.37. The lowest BCUT2D eigenvalue weighted by Crippen LogP contribution is -2.21. The van der Waals surface area contributed by atoms with Crippen LogP contribution in [0.5, 0.6) is 0 Å². The van der Waals surface area contributed by atoms with Gasteiger partial charge in [0.15, 0.2) is 0 Å². The molecule has 0 radical (unpaired) electrons. The maximum Gasteiger partial charge on any atom is 0.0991 e. The molecule has 0 spiro atoms. The van der Waals surface area contributed by atoms with E-state index in [-0.39, 0.29) is 5.92 Å². The smallest absolute Gasteiger partial charge is 0.0991 e. The SMILES string of the molecule is C#CC1CC=C(c2ccc(C#N)cc2)NC1=C. The molecule has 0 amide bonds. The summed E-state index contributed by atoms with van der Waals surface area (Å²) < 4.78 is 0. The van der Waals surface area contributed by atoms with Crippen molar-refractivity contribution in [2.24, 2.45) is 5.92 Å². The van der Waals surface area contributed by atoms with Gasteiger partial charge in [0, 0.05) is 11.4 Å². The Morgan fingerprint density at radius 3 is 2.59 bits per heavy atom. The molecule has 0 aliphatic carbocycles. The minimum Gasteiger partial charge on any atom is -0.358 e. The summed E-state index contributed by atoms with van der Waals surface area (Å²) in [7, 11) is 0. The Morgan fingerprint density at radius 2 is 2.06 bits per heavy atom. The monoisotopic (exact) mass is 220 g/mol. The lowest BCUT2D eigenvalue weighted by molar-refractivity contribution is 0.729. The molecule has 0 bridgehead atoms. The Bertz CT molecular complexity index is 550. The van der Waals surface area contributed by atoms with Crippen molar-refractivity contribution in [1.82, 2.24) is 5.32 Å². The predicted octanol–water partition coefficient (Wildman–Crippen LogP) is 2.66. The van der Waals surface area contributed by atoms with E-state index in [1.54, 1.807) is 12.1 Å². The van der Waals surface area contributed by atoms with E-state index in [9.17, 15) is 0 Å². The first-order chi connectivity index (χ1) is 8.24. The molecule has 0 fully saturated rings. The second-order valence-electron chi connectivity index (χ2n) is 3.91. The number of allylic oxidation sites excluding steroid dienone is 2. The van der Waals surface area contributed by atoms with Crippen molar-refractivity contribution in [2.45, 2.75) is 6.42 Å². The molecule has 1 atom stereocenters. The number of nitrogens with one attached hydrogen (secondary N) is 1. The third-order valence-corrected chi connectivity index (χ3v) is 2.80. The van der Waals surface area contributed by atoms with Gasteiger partial charge >= 0.3 is 0 Å². The van der Waals surface area contributed by atoms with Gasteiger partial charge in [0.2, 0.25) is 0 Å². The van der Waals surface area contributed by atoms with Crippen molar-refractivity contribution in [3.63, 3.8) is 0 Å². The van der Waals surface area contributed by atoms with Crippen LogP contribution >= 0.6 is 0 Å². The van der Waals surface area contributed by atoms with Crippen LogP contribution in [0.25, 0.3) is 5.70 Å². The summed E-state index contributed by atoms with van der Waals surface area (Å²) in [6.45, 7) is 3.93. The van der Waals surface area contributed by atoms with Crippen LogP contribution in [0, 0.1) is 29.6 Å². The van der Waals surface area contributed by atoms with E-state index in [1.165, 1.54) is 0 Å². The second-order valence-corrected chi connectivity index (χ2v) is 3.91. The standard InChI is InChI=1S/C15H12N2/c1-3-13-8-9-15(17-11(13)2)14-6-4-12(10-16)5-7-14/h1,4-7,9,13,17H,2,8H2. The average molecular weight is 220 g/mol. The summed E-state index contributed by atoms with van der Waals surface area (Å²) in [4.78, 5) is 0. The molecule has 17 heavy (non-hydrogen) atoms. The zero-order chi connectivity index (χ0) is 12.3. The van der Waals surface area contributed by atoms with Crippen molar-refractivity contribution in [3.8, 4) is 18.4 Å². The fraction of sp³-hybridized carbons (Fsp3) is 0.133. The maximum atomic E-state index is 8.73. The molecule has 1 aromatic carbocycles. The molecule has 2 nitrogen and oxygen atoms in total. The van der Waals surface area contributed by atoms with Crippen molar-refractivity contribution in [3.05, 3.63) is 53.7 Å². The fourth-order valence-corrected chi connectivity index (χ4v) is 1.77. The molecule has 0 saturated heterocycles. The molecule has 1 aliphatic heterocycles. The number of terminal acetylenes is 1. The lowest BCUT2D eigenvalue weighted by atomic mass is 9.96. The zero-order valence-corrected chi connectivity index (χ0v) is 9.40. The highest BCUT2D eigenvalue weighted by Gasteiger charge is 2.16. The Hall–Kier alpha value is -2.45. The van der Waals surface area contributed by atoms with Crippen LogP contribution in [0.3, 0.4) is 0 Å². The van der Waals surface area contributed by atoms with E-state index in [0.717, 1.165) is 23.4 Å². The van der Waals surface area contributed by atoms with Crippen LogP contribution < -0.4 is 5.32 Å². The number of rotatable bonds is 1. The van der Waals surface area contributed by atoms with E-state index in [0.29, 0.717) is 5.56 Å². The van der Waals surface area contributed by atoms with Gasteiger partial charge in [0.1, 0.15) is 0 Å². The minimum atomic E-state index is 0.0668. The Labute approximate surface area is 101 Å². The molecule has 2 rings (SSSR count). The summed E-state index contributed by atoms with van der Waals surface area (Å²) in [5.74, 6) is 2.76. The van der Waals surface area contributed by atoms with Crippen LogP contribution in [0.1, 0.15) is 17.5 Å². The Kier molecular flexibility index (Phi) is 2.99. The van der Waals surface area contributed by atoms with E-state index in [1.807, 2.05) is 12.1 Å². The molecule has 0 saturated carbocycles. The summed E-state index contributed by atoms with van der Waals surface area (Å²) in [5.41, 5.74) is 3.56. The maximum absolute atomic E-state index is 8.73. The van der Waals surface area contributed by atoms with Crippen molar-refractivity contribution < 1.29 is 0 Å². The van der Waals surface area contributed by atoms with E-state index in [4.69, 9.17) is 11.7 Å². The first kappa shape index (κ1) is 11.0. The molecular weight excluding hydrogens is 208 g/mol. The molecule has 82 valence electrons. The lowest BCUT2D eigenvalue weighted by Gasteiger charge is -2.23. The summed E-state index contributed by atoms with van der Waals surface area (Å²) in [5, 5.41) is 11.9. The van der Waals surface area contributed by atoms with Crippen molar-refractivity contribution in [2.75, 3.05) is 0 Å². The van der Waals surface area contributed by atoms with E-state index >= 15 is 0 Å². The van der Waals surface area contributed by atoms with Crippen molar-refractivity contribution >= 4 is 5.70 Å². The minimum absolute atomic E-state index is 0.0668. The van der Waals surface area contributed by atoms with Crippen LogP contribution in [0.15, 0.2) is 42.6 Å². The molecule has 1 aromatic rings. The number of nitrogens with zero attached hydrogens (tertiary/aromatic N) is 1. The van der Waals surface area contributed by atoms with Crippen LogP contribution in [-0.2, 0) is 0 Å². The van der Waals surface area contributed by atoms with Gasteiger partial charge in [0.25, 0.3) is 0 Å². The van der Waals surface area contributed by atoms with E-state index < -0.39 is 0 Å². The van der Waals surface area contributed by atoms with Gasteiger partial charge < -0.3 is 5.32 Å². The highest BCUT2D eigenvalue weighted by molar-refractivity contribution is 5.67. The molecular formula is C15H12N2. The summed E-state index contributed by atoms with van der Waals surface area (Å²) in [6.07, 6.45) is 8.27. The zero-order valence-electron chi connectivity index (χ0n) is 9.40. The van der Waals surface area contributed by atoms with Gasteiger partial charge in [0.05, 0.1) is 17.6 Å². The fourth-order valence-electron chi connectivity index (χ4n) is 1.77. The number of hydrogen-bond donors (Lipinski definition) is 1. The Balaban J connectivity index is 2.25. The average Bonchev–Trinajstić information content (AvgIpc) is 2.39. The van der Waals surface area contributed by atoms with E-state index in [2.05, 4.69) is 30.0 Å². The third kappa shape index (κ3) is 2.22. The van der Waals surface area contributed by atoms with Gasteiger partial charge in [-0.3, -0.25) is 0 Å². The third-order valence-electron chi connectivity index (χ3n) is 2.80. The number of benzene rings is 1. The summed E-state index contributed by atoms with van der Waals surface area (Å²) in [6, 6.07) is 9.53. The largest absolute Gasteiger partial charge is 0.358 e. The highest BCUT2D eigenvalue weighted by atomic mass is 14.9. The van der Waals surface area contributed by atoms with Gasteiger partial charge in [-0.1, -0.05) is 30.7 Å². The highest BCUT2D eigenvalue weighted by Crippen LogP contribution is 2.24. The summed E-state index contributed by atoms with van der Waals surface area (Å²) >= 11 is 0. The molecule has 2 heteroatoms. The molecule has 1 aliphatic rings. The van der Waals surface area contributed by atoms with Gasteiger partial charge in [-0.2, -0.15) is 5.26 Å². The van der Waals surface area contributed by atoms with Gasteiger partial charge in [-0.15, -0.1) is 6.42 Å². The van der Waals surface area contributed by atoms with Crippen LogP contribution in [0.4, 0.5) is 0 Å². The number of nitriles is 1. The molecule has 1 heterocycles. The second kappa shape index (κ2) is 4.60. The topological polar surface area (TPSA) is 35.8 Å². The van der Waals surface area contributed by atoms with Crippen molar-refractivity contribution in [1.29, 1.82) is 5.26 Å². The van der Waals surface area contributed by atoms with Crippen LogP contribution in [0.2, 0.25) is 0 Å². The Morgan fingerprint density at radius 1 is 1.35 bits per heavy atom. The molecule has 1 N–H and O–H groups in total. The normalized spacial score (nSPS) is 18.6. The first-order valence-electron chi connectivity index (χ1n) is 5.37. The number of hydrogen-bond acceptors (Lipinski definition) is 2. The van der Waals surface area contributed by atoms with Gasteiger partial charge in [-0.25, -0.2) is 0 Å². The predicted molar refractivity (Wildman–Crippen MR) is 68.3 cm³/mol. The molecule has 0 aromatic heterocycles.